The predicted octanol–water partition coefficient (Wildman–Crippen LogP) is 4.97. The van der Waals surface area contributed by atoms with Crippen molar-refractivity contribution in [2.75, 3.05) is 25.6 Å². The van der Waals surface area contributed by atoms with Crippen LogP contribution >= 0.6 is 11.3 Å². The molecule has 216 valence electrons. The van der Waals surface area contributed by atoms with E-state index in [4.69, 9.17) is 15.2 Å². The smallest absolute Gasteiger partial charge is 0.355 e. The molecule has 0 spiro atoms. The van der Waals surface area contributed by atoms with E-state index < -0.39 is 17.8 Å². The quantitative estimate of drug-likeness (QED) is 0.214. The van der Waals surface area contributed by atoms with Crippen molar-refractivity contribution in [1.29, 1.82) is 0 Å². The molecule has 10 nitrogen and oxygen atoms in total. The number of hydrogen-bond acceptors (Lipinski definition) is 8. The minimum atomic E-state index is -1.33. The van der Waals surface area contributed by atoms with E-state index in [-0.39, 0.29) is 29.1 Å². The van der Waals surface area contributed by atoms with E-state index in [1.165, 1.54) is 19.2 Å². The van der Waals surface area contributed by atoms with Crippen molar-refractivity contribution in [2.45, 2.75) is 26.3 Å². The van der Waals surface area contributed by atoms with E-state index in [0.29, 0.717) is 42.3 Å². The second-order valence-electron chi connectivity index (χ2n) is 9.61. The molecule has 0 aliphatic carbocycles. The molecule has 5 rings (SSSR count). The maximum absolute atomic E-state index is 13.9. The normalized spacial score (nSPS) is 11.9. The minimum absolute atomic E-state index is 0.0306. The molecule has 0 saturated carbocycles. The van der Waals surface area contributed by atoms with Crippen LogP contribution in [0.4, 0.5) is 5.69 Å². The van der Waals surface area contributed by atoms with E-state index in [1.807, 2.05) is 18.4 Å². The zero-order valence-corrected chi connectivity index (χ0v) is 24.0. The fraction of sp³-hybridized carbons (Fsp3) is 0.226. The monoisotopic (exact) mass is 586 g/mol. The Morgan fingerprint density at radius 2 is 1.90 bits per heavy atom. The Morgan fingerprint density at radius 3 is 2.64 bits per heavy atom. The second-order valence-corrected chi connectivity index (χ2v) is 10.5. The molecule has 0 fully saturated rings. The number of pyridine rings is 1. The van der Waals surface area contributed by atoms with Crippen LogP contribution in [0.2, 0.25) is 0 Å². The lowest BCUT2D eigenvalue weighted by Crippen LogP contribution is -2.25. The fourth-order valence-electron chi connectivity index (χ4n) is 4.81. The van der Waals surface area contributed by atoms with Crippen LogP contribution in [0, 0.1) is 0 Å². The second kappa shape index (κ2) is 12.4. The third kappa shape index (κ3) is 5.69. The summed E-state index contributed by atoms with van der Waals surface area (Å²) in [5.41, 5.74) is 9.21. The molecule has 11 heteroatoms. The first kappa shape index (κ1) is 28.8. The van der Waals surface area contributed by atoms with Gasteiger partial charge in [-0.1, -0.05) is 13.0 Å². The third-order valence-corrected chi connectivity index (χ3v) is 7.90. The number of thiophene rings is 1. The Kier molecular flexibility index (Phi) is 8.51. The first-order valence-electron chi connectivity index (χ1n) is 13.4. The summed E-state index contributed by atoms with van der Waals surface area (Å²) in [6, 6.07) is 13.6. The summed E-state index contributed by atoms with van der Waals surface area (Å²) >= 11 is 1.55. The predicted molar refractivity (Wildman–Crippen MR) is 161 cm³/mol. The Balaban J connectivity index is 1.66. The van der Waals surface area contributed by atoms with E-state index in [1.54, 1.807) is 41.7 Å². The van der Waals surface area contributed by atoms with E-state index in [2.05, 4.69) is 15.6 Å². The number of amides is 2. The Labute approximate surface area is 246 Å². The van der Waals surface area contributed by atoms with Gasteiger partial charge in [-0.15, -0.1) is 11.3 Å². The van der Waals surface area contributed by atoms with E-state index in [9.17, 15) is 19.5 Å². The number of fused-ring (bicyclic) bond motifs is 3. The molecule has 3 heterocycles. The summed E-state index contributed by atoms with van der Waals surface area (Å²) in [4.78, 5) is 44.0. The first-order valence-corrected chi connectivity index (χ1v) is 14.3. The summed E-state index contributed by atoms with van der Waals surface area (Å²) in [5.74, 6) is -1.23. The van der Waals surface area contributed by atoms with Crippen molar-refractivity contribution >= 4 is 34.8 Å². The van der Waals surface area contributed by atoms with Crippen LogP contribution in [0.15, 0.2) is 53.9 Å². The number of anilines is 1. The number of carbonyl (C=O) groups excluding carboxylic acids is 2. The molecular formula is C31H30N4O6S. The van der Waals surface area contributed by atoms with Crippen molar-refractivity contribution in [1.82, 2.24) is 10.3 Å². The van der Waals surface area contributed by atoms with Crippen LogP contribution in [0.5, 0.6) is 11.5 Å². The molecule has 2 amide bonds. The molecule has 1 aliphatic rings. The Morgan fingerprint density at radius 1 is 1.07 bits per heavy atom. The summed E-state index contributed by atoms with van der Waals surface area (Å²) in [6.45, 7) is 3.04. The summed E-state index contributed by atoms with van der Waals surface area (Å²) < 4.78 is 11.5. The van der Waals surface area contributed by atoms with Gasteiger partial charge in [-0.2, -0.15) is 0 Å². The van der Waals surface area contributed by atoms with Gasteiger partial charge in [0, 0.05) is 64.0 Å². The average molecular weight is 587 g/mol. The number of hydrogen-bond donors (Lipinski definition) is 4. The molecule has 42 heavy (non-hydrogen) atoms. The Bertz CT molecular complexity index is 1680. The lowest BCUT2D eigenvalue weighted by molar-refractivity contribution is 0.0691. The number of nitrogens with one attached hydrogen (secondary N) is 2. The lowest BCUT2D eigenvalue weighted by Gasteiger charge is -2.17. The highest BCUT2D eigenvalue weighted by molar-refractivity contribution is 7.13. The number of nitrogens with zero attached hydrogens (tertiary/aromatic N) is 1. The van der Waals surface area contributed by atoms with Gasteiger partial charge in [-0.3, -0.25) is 9.59 Å². The summed E-state index contributed by atoms with van der Waals surface area (Å²) in [6.07, 6.45) is 1.41. The van der Waals surface area contributed by atoms with E-state index >= 15 is 0 Å². The van der Waals surface area contributed by atoms with Crippen LogP contribution in [-0.4, -0.2) is 48.1 Å². The van der Waals surface area contributed by atoms with Crippen molar-refractivity contribution in [3.8, 4) is 33.1 Å². The number of methoxy groups -OCH3 is 1. The van der Waals surface area contributed by atoms with Crippen LogP contribution in [0.3, 0.4) is 0 Å². The number of rotatable bonds is 9. The van der Waals surface area contributed by atoms with Crippen LogP contribution in [0.25, 0.3) is 21.6 Å². The number of benzene rings is 2. The largest absolute Gasteiger partial charge is 0.496 e. The summed E-state index contributed by atoms with van der Waals surface area (Å²) in [7, 11) is 1.52. The number of aromatic carboxylic acids is 1. The topological polar surface area (TPSA) is 153 Å². The highest BCUT2D eigenvalue weighted by Crippen LogP contribution is 2.43. The van der Waals surface area contributed by atoms with Gasteiger partial charge in [0.25, 0.3) is 11.8 Å². The van der Waals surface area contributed by atoms with Crippen molar-refractivity contribution in [2.24, 2.45) is 5.73 Å². The first-order chi connectivity index (χ1) is 20.3. The summed E-state index contributed by atoms with van der Waals surface area (Å²) in [5, 5.41) is 17.7. The number of ether oxygens (including phenoxy) is 2. The van der Waals surface area contributed by atoms with Gasteiger partial charge in [-0.05, 0) is 53.8 Å². The number of aromatic nitrogens is 1. The molecule has 2 aromatic heterocycles. The highest BCUT2D eigenvalue weighted by Gasteiger charge is 2.26. The fourth-order valence-corrected chi connectivity index (χ4v) is 5.79. The molecule has 2 aromatic carbocycles. The molecule has 0 unspecified atom stereocenters. The zero-order valence-electron chi connectivity index (χ0n) is 23.2. The molecule has 0 bridgehead atoms. The standard InChI is InChI=1S/C31H30N4O6S/c1-3-10-33-30(37)24-7-6-20(27(35-24)31(38)39)21-15-26-23(28-17(8-11-41-26)9-12-42-28)14-22(21)29(36)34-19-5-4-18(16-32)25(13-19)40-2/h4-7,9,12-15H,3,8,10-11,16,32H2,1-2H3,(H,33,37)(H,34,36)(H,38,39). The number of carboxylic acids is 1. The SMILES string of the molecule is CCCNC(=O)c1ccc(-c2cc3c(cc2C(=O)Nc2ccc(CN)c(OC)c2)-c2sccc2CCO3)c(C(=O)O)n1. The Hall–Kier alpha value is -4.74. The van der Waals surface area contributed by atoms with Gasteiger partial charge in [-0.25, -0.2) is 9.78 Å². The average Bonchev–Trinajstić information content (AvgIpc) is 3.40. The zero-order chi connectivity index (χ0) is 29.8. The third-order valence-electron chi connectivity index (χ3n) is 6.91. The van der Waals surface area contributed by atoms with E-state index in [0.717, 1.165) is 28.0 Å². The van der Waals surface area contributed by atoms with Crippen molar-refractivity contribution in [3.63, 3.8) is 0 Å². The molecular weight excluding hydrogens is 556 g/mol. The van der Waals surface area contributed by atoms with Crippen LogP contribution in [0.1, 0.15) is 55.8 Å². The van der Waals surface area contributed by atoms with Gasteiger partial charge in [0.1, 0.15) is 17.2 Å². The molecule has 0 saturated heterocycles. The number of carbonyl (C=O) groups is 3. The van der Waals surface area contributed by atoms with Crippen LogP contribution < -0.4 is 25.8 Å². The van der Waals surface area contributed by atoms with Gasteiger partial charge in [0.2, 0.25) is 0 Å². The molecule has 0 radical (unpaired) electrons. The van der Waals surface area contributed by atoms with Gasteiger partial charge in [0.05, 0.1) is 13.7 Å². The van der Waals surface area contributed by atoms with Gasteiger partial charge in [0.15, 0.2) is 5.69 Å². The highest BCUT2D eigenvalue weighted by atomic mass is 32.1. The molecule has 4 aromatic rings. The molecule has 5 N–H and O–H groups in total. The van der Waals surface area contributed by atoms with Crippen molar-refractivity contribution in [3.05, 3.63) is 82.0 Å². The van der Waals surface area contributed by atoms with Crippen molar-refractivity contribution < 1.29 is 29.0 Å². The molecule has 1 aliphatic heterocycles. The maximum Gasteiger partial charge on any atom is 0.355 e. The number of nitrogens with two attached hydrogens (primary N) is 1. The van der Waals surface area contributed by atoms with Crippen LogP contribution in [-0.2, 0) is 13.0 Å². The molecule has 0 atom stereocenters. The minimum Gasteiger partial charge on any atom is -0.496 e. The maximum atomic E-state index is 13.9. The van der Waals surface area contributed by atoms with Gasteiger partial charge < -0.3 is 30.9 Å². The number of carboxylic acid groups (broad SMARTS) is 1. The van der Waals surface area contributed by atoms with Gasteiger partial charge >= 0.3 is 5.97 Å². The lowest BCUT2D eigenvalue weighted by atomic mass is 9.93.